The van der Waals surface area contributed by atoms with E-state index in [1.54, 1.807) is 18.5 Å². The molecule has 0 aliphatic carbocycles. The first-order chi connectivity index (χ1) is 19.8. The molecule has 3 heterocycles. The minimum absolute atomic E-state index is 0.602. The Morgan fingerprint density at radius 3 is 2.30 bits per heavy atom. The summed E-state index contributed by atoms with van der Waals surface area (Å²) < 4.78 is 4.42. The first-order valence-corrected chi connectivity index (χ1v) is 13.2. The third-order valence-electron chi connectivity index (χ3n) is 7.06. The van der Waals surface area contributed by atoms with Gasteiger partial charge in [0, 0.05) is 46.0 Å². The molecule has 0 spiro atoms. The number of para-hydroxylation sites is 2. The first kappa shape index (κ1) is 23.6. The van der Waals surface area contributed by atoms with Gasteiger partial charge in [0.05, 0.1) is 27.9 Å². The fourth-order valence-corrected chi connectivity index (χ4v) is 5.33. The normalized spacial score (nSPS) is 11.9. The third-order valence-corrected chi connectivity index (χ3v) is 7.06. The molecule has 5 heteroatoms. The van der Waals surface area contributed by atoms with Crippen LogP contribution in [-0.2, 0) is 0 Å². The van der Waals surface area contributed by atoms with Gasteiger partial charge >= 0.3 is 0 Å². The van der Waals surface area contributed by atoms with E-state index in [1.165, 1.54) is 21.8 Å². The largest absolute Gasteiger partial charge is 0.309 e. The standard InChI is InChI=1S/C35H25N5/c1-2-21-36-22-19-26-24-31(25-11-5-3-6-12-25)38-35(37-26)39-23-20-30-32(39)18-17-29-28-15-9-10-16-33(28)40(34(29)30)27-13-7-4-8-14-27/h2-24H,1H2/b22-19+,36-21?. The number of aromatic nitrogens is 4. The number of hydrogen-bond acceptors (Lipinski definition) is 3. The van der Waals surface area contributed by atoms with Gasteiger partial charge in [-0.1, -0.05) is 85.5 Å². The van der Waals surface area contributed by atoms with Crippen LogP contribution in [0.5, 0.6) is 0 Å². The monoisotopic (exact) mass is 515 g/mol. The average Bonchev–Trinajstić information content (AvgIpc) is 3.60. The molecule has 0 N–H and O–H groups in total. The zero-order valence-corrected chi connectivity index (χ0v) is 21.7. The van der Waals surface area contributed by atoms with Crippen molar-refractivity contribution in [3.8, 4) is 22.9 Å². The van der Waals surface area contributed by atoms with Gasteiger partial charge in [-0.25, -0.2) is 9.97 Å². The van der Waals surface area contributed by atoms with E-state index < -0.39 is 0 Å². The van der Waals surface area contributed by atoms with Crippen LogP contribution in [0.3, 0.4) is 0 Å². The maximum Gasteiger partial charge on any atom is 0.235 e. The van der Waals surface area contributed by atoms with Gasteiger partial charge in [0.25, 0.3) is 0 Å². The van der Waals surface area contributed by atoms with Crippen molar-refractivity contribution >= 4 is 45.0 Å². The zero-order chi connectivity index (χ0) is 26.9. The fourth-order valence-electron chi connectivity index (χ4n) is 5.33. The molecular weight excluding hydrogens is 490 g/mol. The Labute approximate surface area is 231 Å². The fraction of sp³-hybridized carbons (Fsp3) is 0. The summed E-state index contributed by atoms with van der Waals surface area (Å²) >= 11 is 0. The summed E-state index contributed by atoms with van der Waals surface area (Å²) in [6.45, 7) is 3.68. The van der Waals surface area contributed by atoms with E-state index in [2.05, 4.69) is 112 Å². The smallest absolute Gasteiger partial charge is 0.235 e. The lowest BCUT2D eigenvalue weighted by Crippen LogP contribution is -2.03. The minimum atomic E-state index is 0.602. The Hall–Kier alpha value is -5.55. The van der Waals surface area contributed by atoms with E-state index in [4.69, 9.17) is 9.97 Å². The molecule has 0 atom stereocenters. The molecule has 5 nitrogen and oxygen atoms in total. The van der Waals surface area contributed by atoms with Gasteiger partial charge in [0.15, 0.2) is 0 Å². The van der Waals surface area contributed by atoms with Crippen LogP contribution in [0.1, 0.15) is 5.69 Å². The Morgan fingerprint density at radius 2 is 1.48 bits per heavy atom. The predicted octanol–water partition coefficient (Wildman–Crippen LogP) is 8.41. The van der Waals surface area contributed by atoms with Crippen LogP contribution in [0, 0.1) is 0 Å². The number of allylic oxidation sites excluding steroid dienone is 1. The summed E-state index contributed by atoms with van der Waals surface area (Å²) in [6.07, 6.45) is 8.96. The molecule has 0 amide bonds. The van der Waals surface area contributed by atoms with Crippen LogP contribution in [0.25, 0.3) is 61.7 Å². The summed E-state index contributed by atoms with van der Waals surface area (Å²) in [7, 11) is 0. The first-order valence-electron chi connectivity index (χ1n) is 13.2. The lowest BCUT2D eigenvalue weighted by molar-refractivity contribution is 0.960. The number of fused-ring (bicyclic) bond motifs is 5. The molecule has 0 aliphatic heterocycles. The zero-order valence-electron chi connectivity index (χ0n) is 21.7. The van der Waals surface area contributed by atoms with Gasteiger partial charge in [-0.15, -0.1) is 0 Å². The molecule has 0 saturated carbocycles. The summed E-state index contributed by atoms with van der Waals surface area (Å²) in [5.41, 5.74) is 7.16. The highest BCUT2D eigenvalue weighted by Crippen LogP contribution is 2.37. The van der Waals surface area contributed by atoms with E-state index in [0.717, 1.165) is 33.5 Å². The van der Waals surface area contributed by atoms with Crippen LogP contribution in [-0.4, -0.2) is 25.3 Å². The van der Waals surface area contributed by atoms with Gasteiger partial charge < -0.3 is 4.57 Å². The highest BCUT2D eigenvalue weighted by atomic mass is 15.2. The van der Waals surface area contributed by atoms with Crippen molar-refractivity contribution in [3.63, 3.8) is 0 Å². The number of nitrogens with zero attached hydrogens (tertiary/aromatic N) is 5. The molecule has 0 saturated heterocycles. The molecule has 4 aromatic carbocycles. The molecule has 0 fully saturated rings. The molecule has 190 valence electrons. The Morgan fingerprint density at radius 1 is 0.700 bits per heavy atom. The quantitative estimate of drug-likeness (QED) is 0.209. The second-order valence-corrected chi connectivity index (χ2v) is 9.46. The minimum Gasteiger partial charge on any atom is -0.309 e. The summed E-state index contributed by atoms with van der Waals surface area (Å²) in [6, 6.07) is 37.8. The SMILES string of the molecule is C=CC=N/C=C/c1cc(-c2ccccc2)nc(-n2ccc3c2ccc2c4ccccc4n(-c4ccccc4)c23)n1. The topological polar surface area (TPSA) is 48.0 Å². The van der Waals surface area contributed by atoms with Gasteiger partial charge in [-0.2, -0.15) is 0 Å². The molecular formula is C35H25N5. The van der Waals surface area contributed by atoms with E-state index in [-0.39, 0.29) is 0 Å². The molecule has 7 rings (SSSR count). The Balaban J connectivity index is 1.48. The number of hydrogen-bond donors (Lipinski definition) is 0. The molecule has 0 unspecified atom stereocenters. The van der Waals surface area contributed by atoms with Crippen LogP contribution in [0.2, 0.25) is 0 Å². The van der Waals surface area contributed by atoms with Crippen molar-refractivity contribution < 1.29 is 0 Å². The van der Waals surface area contributed by atoms with E-state index in [1.807, 2.05) is 30.3 Å². The second kappa shape index (κ2) is 9.97. The maximum atomic E-state index is 5.00. The van der Waals surface area contributed by atoms with Crippen LogP contribution in [0.15, 0.2) is 139 Å². The van der Waals surface area contributed by atoms with Gasteiger partial charge in [-0.05, 0) is 42.5 Å². The van der Waals surface area contributed by atoms with Crippen molar-refractivity contribution in [2.45, 2.75) is 0 Å². The molecule has 0 aliphatic rings. The summed E-state index contributed by atoms with van der Waals surface area (Å²) in [5, 5.41) is 3.58. The van der Waals surface area contributed by atoms with Crippen molar-refractivity contribution in [1.82, 2.24) is 19.1 Å². The molecule has 0 bridgehead atoms. The molecule has 40 heavy (non-hydrogen) atoms. The van der Waals surface area contributed by atoms with Crippen LogP contribution in [0.4, 0.5) is 0 Å². The van der Waals surface area contributed by atoms with E-state index in [9.17, 15) is 0 Å². The van der Waals surface area contributed by atoms with Gasteiger partial charge in [0.2, 0.25) is 5.95 Å². The van der Waals surface area contributed by atoms with Crippen molar-refractivity contribution in [2.24, 2.45) is 4.99 Å². The average molecular weight is 516 g/mol. The lowest BCUT2D eigenvalue weighted by atomic mass is 10.1. The number of benzene rings is 4. The van der Waals surface area contributed by atoms with Crippen molar-refractivity contribution in [2.75, 3.05) is 0 Å². The summed E-state index contributed by atoms with van der Waals surface area (Å²) in [5.74, 6) is 0.602. The van der Waals surface area contributed by atoms with Crippen LogP contribution < -0.4 is 0 Å². The van der Waals surface area contributed by atoms with Crippen molar-refractivity contribution in [1.29, 1.82) is 0 Å². The highest BCUT2D eigenvalue weighted by molar-refractivity contribution is 6.18. The number of aliphatic imine (C=N–C) groups is 1. The Kier molecular flexibility index (Phi) is 5.87. The third kappa shape index (κ3) is 4.01. The van der Waals surface area contributed by atoms with Crippen LogP contribution >= 0.6 is 0 Å². The van der Waals surface area contributed by atoms with Gasteiger partial charge in [-0.3, -0.25) is 9.56 Å². The second-order valence-electron chi connectivity index (χ2n) is 9.46. The van der Waals surface area contributed by atoms with E-state index in [0.29, 0.717) is 5.95 Å². The molecule has 3 aromatic heterocycles. The highest BCUT2D eigenvalue weighted by Gasteiger charge is 2.17. The molecule has 0 radical (unpaired) electrons. The van der Waals surface area contributed by atoms with E-state index >= 15 is 0 Å². The van der Waals surface area contributed by atoms with Gasteiger partial charge in [0.1, 0.15) is 0 Å². The molecule has 7 aromatic rings. The lowest BCUT2D eigenvalue weighted by Gasteiger charge is -2.10. The Bertz CT molecular complexity index is 2060. The predicted molar refractivity (Wildman–Crippen MR) is 166 cm³/mol. The maximum absolute atomic E-state index is 5.00. The van der Waals surface area contributed by atoms with Crippen molar-refractivity contribution in [3.05, 3.63) is 140 Å². The number of rotatable bonds is 6. The summed E-state index contributed by atoms with van der Waals surface area (Å²) in [4.78, 5) is 14.1.